The first-order valence-corrected chi connectivity index (χ1v) is 7.69. The molecular formula is C13H26IN5OS. The van der Waals surface area contributed by atoms with E-state index in [0.29, 0.717) is 6.54 Å². The molecule has 0 unspecified atom stereocenters. The van der Waals surface area contributed by atoms with Crippen LogP contribution in [0.5, 0.6) is 0 Å². The highest BCUT2D eigenvalue weighted by Crippen LogP contribution is 2.17. The maximum atomic E-state index is 5.29. The van der Waals surface area contributed by atoms with Gasteiger partial charge in [-0.15, -0.1) is 35.3 Å². The van der Waals surface area contributed by atoms with Gasteiger partial charge in [0.15, 0.2) is 11.1 Å². The molecule has 0 saturated carbocycles. The van der Waals surface area contributed by atoms with Gasteiger partial charge in [0.25, 0.3) is 0 Å². The van der Waals surface area contributed by atoms with E-state index in [4.69, 9.17) is 4.74 Å². The summed E-state index contributed by atoms with van der Waals surface area (Å²) in [6, 6.07) is 0. The van der Waals surface area contributed by atoms with Gasteiger partial charge in [0.2, 0.25) is 0 Å². The van der Waals surface area contributed by atoms with Crippen LogP contribution in [0.4, 0.5) is 5.13 Å². The minimum absolute atomic E-state index is 0. The lowest BCUT2D eigenvalue weighted by molar-refractivity contribution is 0.145. The quantitative estimate of drug-likeness (QED) is 0.287. The molecule has 6 nitrogen and oxygen atoms in total. The first-order chi connectivity index (χ1) is 9.67. The number of aromatic nitrogens is 1. The SMILES string of the molecule is CCOCCCNC(=NC)NCc1csc(N(C)C)n1.I. The Balaban J connectivity index is 0.00000400. The zero-order chi connectivity index (χ0) is 14.8. The molecule has 8 heteroatoms. The molecule has 122 valence electrons. The number of anilines is 1. The van der Waals surface area contributed by atoms with E-state index < -0.39 is 0 Å². The standard InChI is InChI=1S/C13H25N5OS.HI/c1-5-19-8-6-7-15-12(14-2)16-9-11-10-20-13(17-11)18(3)4;/h10H,5-9H2,1-4H3,(H2,14,15,16);1H. The van der Waals surface area contributed by atoms with Gasteiger partial charge < -0.3 is 20.3 Å². The van der Waals surface area contributed by atoms with Gasteiger partial charge in [-0.1, -0.05) is 0 Å². The fourth-order valence-electron chi connectivity index (χ4n) is 1.50. The largest absolute Gasteiger partial charge is 0.382 e. The van der Waals surface area contributed by atoms with Gasteiger partial charge in [0.1, 0.15) is 0 Å². The summed E-state index contributed by atoms with van der Waals surface area (Å²) in [5, 5.41) is 9.58. The van der Waals surface area contributed by atoms with E-state index in [1.54, 1.807) is 18.4 Å². The maximum Gasteiger partial charge on any atom is 0.191 e. The summed E-state index contributed by atoms with van der Waals surface area (Å²) in [5.74, 6) is 0.793. The van der Waals surface area contributed by atoms with E-state index >= 15 is 0 Å². The molecular weight excluding hydrogens is 401 g/mol. The van der Waals surface area contributed by atoms with Gasteiger partial charge in [-0.3, -0.25) is 4.99 Å². The highest BCUT2D eigenvalue weighted by molar-refractivity contribution is 14.0. The monoisotopic (exact) mass is 427 g/mol. The fourth-order valence-corrected chi connectivity index (χ4v) is 2.26. The molecule has 0 amide bonds. The highest BCUT2D eigenvalue weighted by atomic mass is 127. The molecule has 0 radical (unpaired) electrons. The van der Waals surface area contributed by atoms with Gasteiger partial charge in [0, 0.05) is 46.3 Å². The zero-order valence-electron chi connectivity index (χ0n) is 13.2. The fraction of sp³-hybridized carbons (Fsp3) is 0.692. The minimum Gasteiger partial charge on any atom is -0.382 e. The Bertz CT molecular complexity index is 411. The van der Waals surface area contributed by atoms with Crippen LogP contribution in [0.3, 0.4) is 0 Å². The number of thiazole rings is 1. The molecule has 1 aromatic heterocycles. The van der Waals surface area contributed by atoms with Crippen molar-refractivity contribution >= 4 is 46.4 Å². The number of hydrogen-bond donors (Lipinski definition) is 2. The van der Waals surface area contributed by atoms with Crippen LogP contribution in [-0.4, -0.2) is 51.8 Å². The third-order valence-electron chi connectivity index (χ3n) is 2.54. The van der Waals surface area contributed by atoms with Gasteiger partial charge in [-0.05, 0) is 13.3 Å². The molecule has 0 bridgehead atoms. The summed E-state index contributed by atoms with van der Waals surface area (Å²) in [4.78, 5) is 10.7. The third-order valence-corrected chi connectivity index (χ3v) is 3.60. The average Bonchev–Trinajstić information content (AvgIpc) is 2.91. The number of ether oxygens (including phenoxy) is 1. The smallest absolute Gasteiger partial charge is 0.191 e. The van der Waals surface area contributed by atoms with E-state index in [-0.39, 0.29) is 24.0 Å². The van der Waals surface area contributed by atoms with Crippen molar-refractivity contribution in [2.45, 2.75) is 19.9 Å². The maximum absolute atomic E-state index is 5.29. The summed E-state index contributed by atoms with van der Waals surface area (Å²) < 4.78 is 5.29. The zero-order valence-corrected chi connectivity index (χ0v) is 16.3. The third kappa shape index (κ3) is 8.42. The van der Waals surface area contributed by atoms with E-state index in [9.17, 15) is 0 Å². The number of halogens is 1. The Hall–Kier alpha value is -0.610. The van der Waals surface area contributed by atoms with Gasteiger partial charge >= 0.3 is 0 Å². The first kappa shape index (κ1) is 20.4. The molecule has 0 aliphatic rings. The summed E-state index contributed by atoms with van der Waals surface area (Å²) in [5.41, 5.74) is 1.02. The van der Waals surface area contributed by atoms with Crippen molar-refractivity contribution in [3.63, 3.8) is 0 Å². The number of nitrogens with zero attached hydrogens (tertiary/aromatic N) is 3. The molecule has 0 atom stereocenters. The summed E-state index contributed by atoms with van der Waals surface area (Å²) in [7, 11) is 5.76. The molecule has 0 aliphatic heterocycles. The van der Waals surface area contributed by atoms with Crippen molar-refractivity contribution in [2.24, 2.45) is 4.99 Å². The normalized spacial score (nSPS) is 11.0. The molecule has 21 heavy (non-hydrogen) atoms. The van der Waals surface area contributed by atoms with E-state index in [1.807, 2.05) is 25.9 Å². The second-order valence-corrected chi connectivity index (χ2v) is 5.26. The molecule has 0 aliphatic carbocycles. The number of hydrogen-bond acceptors (Lipinski definition) is 5. The lowest BCUT2D eigenvalue weighted by Crippen LogP contribution is -2.37. The van der Waals surface area contributed by atoms with E-state index in [0.717, 1.165) is 43.0 Å². The number of guanidine groups is 1. The molecule has 0 aromatic carbocycles. The van der Waals surface area contributed by atoms with Crippen LogP contribution < -0.4 is 15.5 Å². The van der Waals surface area contributed by atoms with Gasteiger partial charge in [-0.2, -0.15) is 0 Å². The predicted octanol–water partition coefficient (Wildman–Crippen LogP) is 1.92. The van der Waals surface area contributed by atoms with Crippen molar-refractivity contribution in [3.8, 4) is 0 Å². The predicted molar refractivity (Wildman–Crippen MR) is 101 cm³/mol. The van der Waals surface area contributed by atoms with Crippen LogP contribution in [0.2, 0.25) is 0 Å². The summed E-state index contributed by atoms with van der Waals surface area (Å²) in [6.45, 7) is 5.07. The van der Waals surface area contributed by atoms with Crippen LogP contribution >= 0.6 is 35.3 Å². The Morgan fingerprint density at radius 3 is 2.76 bits per heavy atom. The summed E-state index contributed by atoms with van der Waals surface area (Å²) >= 11 is 1.64. The van der Waals surface area contributed by atoms with Crippen LogP contribution in [0, 0.1) is 0 Å². The second kappa shape index (κ2) is 12.0. The number of aliphatic imine (C=N–C) groups is 1. The van der Waals surface area contributed by atoms with Gasteiger partial charge in [-0.25, -0.2) is 4.98 Å². The van der Waals surface area contributed by atoms with Gasteiger partial charge in [0.05, 0.1) is 12.2 Å². The van der Waals surface area contributed by atoms with Crippen molar-refractivity contribution in [2.75, 3.05) is 45.8 Å². The average molecular weight is 427 g/mol. The van der Waals surface area contributed by atoms with Crippen LogP contribution in [0.1, 0.15) is 19.0 Å². The molecule has 0 fully saturated rings. The molecule has 1 aromatic rings. The second-order valence-electron chi connectivity index (χ2n) is 4.42. The first-order valence-electron chi connectivity index (χ1n) is 6.81. The molecule has 1 heterocycles. The number of nitrogens with one attached hydrogen (secondary N) is 2. The Kier molecular flexibility index (Phi) is 11.6. The van der Waals surface area contributed by atoms with E-state index in [1.165, 1.54) is 0 Å². The Morgan fingerprint density at radius 1 is 1.43 bits per heavy atom. The molecule has 2 N–H and O–H groups in total. The van der Waals surface area contributed by atoms with Crippen LogP contribution in [-0.2, 0) is 11.3 Å². The Labute approximate surface area is 148 Å². The number of rotatable bonds is 8. The van der Waals surface area contributed by atoms with Crippen molar-refractivity contribution in [1.29, 1.82) is 0 Å². The highest BCUT2D eigenvalue weighted by Gasteiger charge is 2.04. The van der Waals surface area contributed by atoms with Crippen molar-refractivity contribution in [1.82, 2.24) is 15.6 Å². The van der Waals surface area contributed by atoms with Crippen molar-refractivity contribution < 1.29 is 4.74 Å². The lowest BCUT2D eigenvalue weighted by atomic mass is 10.4. The minimum atomic E-state index is 0. The van der Waals surface area contributed by atoms with Crippen LogP contribution in [0.25, 0.3) is 0 Å². The molecule has 0 spiro atoms. The molecule has 0 saturated heterocycles. The lowest BCUT2D eigenvalue weighted by Gasteiger charge is -2.11. The summed E-state index contributed by atoms with van der Waals surface area (Å²) in [6.07, 6.45) is 0.968. The van der Waals surface area contributed by atoms with E-state index in [2.05, 4.69) is 26.0 Å². The van der Waals surface area contributed by atoms with Crippen LogP contribution in [0.15, 0.2) is 10.4 Å². The molecule has 1 rings (SSSR count). The Morgan fingerprint density at radius 2 is 2.19 bits per heavy atom. The van der Waals surface area contributed by atoms with Crippen molar-refractivity contribution in [3.05, 3.63) is 11.1 Å². The topological polar surface area (TPSA) is 61.8 Å².